The van der Waals surface area contributed by atoms with Crippen LogP contribution in [0.25, 0.3) is 0 Å². The van der Waals surface area contributed by atoms with Gasteiger partial charge >= 0.3 is 0 Å². The van der Waals surface area contributed by atoms with Crippen molar-refractivity contribution in [2.75, 3.05) is 40.3 Å². The molecule has 1 fully saturated rings. The molecule has 6 heteroatoms. The van der Waals surface area contributed by atoms with Crippen molar-refractivity contribution in [1.82, 2.24) is 14.8 Å². The lowest BCUT2D eigenvalue weighted by Gasteiger charge is -2.35. The summed E-state index contributed by atoms with van der Waals surface area (Å²) in [5, 5.41) is 1.48. The predicted octanol–water partition coefficient (Wildman–Crippen LogP) is 0.942. The number of likely N-dealkylation sites (N-methyl/N-ethyl adjacent to an activating group) is 2. The quantitative estimate of drug-likeness (QED) is 0.349. The van der Waals surface area contributed by atoms with Gasteiger partial charge in [-0.05, 0) is 27.3 Å². The molecular weight excluding hydrogens is 264 g/mol. The first-order valence-corrected chi connectivity index (χ1v) is 7.48. The van der Waals surface area contributed by atoms with Gasteiger partial charge in [0.1, 0.15) is 0 Å². The van der Waals surface area contributed by atoms with Crippen molar-refractivity contribution in [1.29, 1.82) is 0 Å². The summed E-state index contributed by atoms with van der Waals surface area (Å²) >= 11 is 0. The van der Waals surface area contributed by atoms with E-state index in [-0.39, 0.29) is 0 Å². The van der Waals surface area contributed by atoms with Gasteiger partial charge in [0.2, 0.25) is 0 Å². The SMILES string of the molecule is CC/C(C)=C/N=C(/C(N)=C(\C)N1CCN(C)CC1)N(C)N. The molecule has 0 bridgehead atoms. The fourth-order valence-corrected chi connectivity index (χ4v) is 2.09. The molecule has 0 aromatic carbocycles. The molecule has 0 amide bonds. The van der Waals surface area contributed by atoms with E-state index in [1.165, 1.54) is 10.6 Å². The Balaban J connectivity index is 2.98. The van der Waals surface area contributed by atoms with Gasteiger partial charge in [-0.1, -0.05) is 12.5 Å². The molecule has 4 N–H and O–H groups in total. The predicted molar refractivity (Wildman–Crippen MR) is 89.4 cm³/mol. The Morgan fingerprint density at radius 1 is 1.24 bits per heavy atom. The van der Waals surface area contributed by atoms with Crippen molar-refractivity contribution in [2.45, 2.75) is 27.2 Å². The molecule has 0 spiro atoms. The Morgan fingerprint density at radius 3 is 2.29 bits per heavy atom. The smallest absolute Gasteiger partial charge is 0.167 e. The maximum absolute atomic E-state index is 6.30. The molecule has 0 atom stereocenters. The molecule has 0 aromatic heterocycles. The number of amidine groups is 1. The van der Waals surface area contributed by atoms with Crippen LogP contribution in [0.2, 0.25) is 0 Å². The molecule has 1 saturated heterocycles. The Kier molecular flexibility index (Phi) is 6.71. The standard InChI is InChI=1S/C15H30N6/c1-6-12(2)11-18-15(20(5)17)14(16)13(3)21-9-7-19(4)8-10-21/h11H,6-10,16-17H2,1-5H3/b12-11+,14-13-,18-15-. The Morgan fingerprint density at radius 2 is 1.81 bits per heavy atom. The summed E-state index contributed by atoms with van der Waals surface area (Å²) in [4.78, 5) is 9.07. The molecule has 0 radical (unpaired) electrons. The molecule has 1 heterocycles. The van der Waals surface area contributed by atoms with Gasteiger partial charge in [0.05, 0.1) is 5.70 Å². The minimum atomic E-state index is 0.610. The number of nitrogens with zero attached hydrogens (tertiary/aromatic N) is 4. The summed E-state index contributed by atoms with van der Waals surface area (Å²) in [5.41, 5.74) is 9.18. The lowest BCUT2D eigenvalue weighted by Crippen LogP contribution is -2.45. The Labute approximate surface area is 128 Å². The van der Waals surface area contributed by atoms with E-state index >= 15 is 0 Å². The lowest BCUT2D eigenvalue weighted by molar-refractivity contribution is 0.185. The number of hydrogen-bond acceptors (Lipinski definition) is 5. The third-order valence-electron chi connectivity index (χ3n) is 3.91. The van der Waals surface area contributed by atoms with E-state index in [2.05, 4.69) is 28.8 Å². The molecule has 0 unspecified atom stereocenters. The number of piperazine rings is 1. The molecule has 0 saturated carbocycles. The van der Waals surface area contributed by atoms with Crippen LogP contribution in [-0.2, 0) is 0 Å². The van der Waals surface area contributed by atoms with Crippen LogP contribution in [0.15, 0.2) is 28.2 Å². The second kappa shape index (κ2) is 8.05. The average molecular weight is 294 g/mol. The summed E-state index contributed by atoms with van der Waals surface area (Å²) in [5.74, 6) is 6.50. The normalized spacial score (nSPS) is 19.6. The number of hydrogen-bond donors (Lipinski definition) is 2. The summed E-state index contributed by atoms with van der Waals surface area (Å²) < 4.78 is 0. The molecule has 120 valence electrons. The van der Waals surface area contributed by atoms with Gasteiger partial charge in [-0.2, -0.15) is 0 Å². The fourth-order valence-electron chi connectivity index (χ4n) is 2.09. The summed E-state index contributed by atoms with van der Waals surface area (Å²) in [6, 6.07) is 0. The van der Waals surface area contributed by atoms with E-state index < -0.39 is 0 Å². The molecule has 1 rings (SSSR count). The molecule has 6 nitrogen and oxygen atoms in total. The van der Waals surface area contributed by atoms with Crippen molar-refractivity contribution >= 4 is 5.84 Å². The van der Waals surface area contributed by atoms with Crippen LogP contribution in [0.5, 0.6) is 0 Å². The van der Waals surface area contributed by atoms with E-state index in [0.717, 1.165) is 38.3 Å². The van der Waals surface area contributed by atoms with Gasteiger partial charge in [0, 0.05) is 45.1 Å². The van der Waals surface area contributed by atoms with Crippen LogP contribution in [0.3, 0.4) is 0 Å². The summed E-state index contributed by atoms with van der Waals surface area (Å²) in [6.45, 7) is 10.2. The first-order chi connectivity index (χ1) is 9.86. The molecule has 1 aliphatic rings. The molecular formula is C15H30N6. The van der Waals surface area contributed by atoms with Crippen LogP contribution >= 0.6 is 0 Å². The van der Waals surface area contributed by atoms with E-state index in [9.17, 15) is 0 Å². The number of aliphatic imine (C=N–C) groups is 1. The molecule has 0 aromatic rings. The maximum atomic E-state index is 6.30. The third-order valence-corrected chi connectivity index (χ3v) is 3.91. The van der Waals surface area contributed by atoms with Gasteiger partial charge in [-0.25, -0.2) is 10.8 Å². The highest BCUT2D eigenvalue weighted by Gasteiger charge is 2.18. The van der Waals surface area contributed by atoms with Crippen molar-refractivity contribution in [2.24, 2.45) is 16.6 Å². The van der Waals surface area contributed by atoms with Crippen molar-refractivity contribution in [3.05, 3.63) is 23.2 Å². The zero-order chi connectivity index (χ0) is 16.0. The van der Waals surface area contributed by atoms with Crippen LogP contribution in [0.4, 0.5) is 0 Å². The van der Waals surface area contributed by atoms with Crippen molar-refractivity contribution in [3.8, 4) is 0 Å². The van der Waals surface area contributed by atoms with Gasteiger partial charge in [-0.3, -0.25) is 5.01 Å². The van der Waals surface area contributed by atoms with E-state index in [1.807, 2.05) is 20.0 Å². The van der Waals surface area contributed by atoms with Crippen LogP contribution in [-0.4, -0.2) is 60.9 Å². The highest BCUT2D eigenvalue weighted by molar-refractivity contribution is 5.97. The van der Waals surface area contributed by atoms with Gasteiger partial charge in [-0.15, -0.1) is 0 Å². The summed E-state index contributed by atoms with van der Waals surface area (Å²) in [7, 11) is 3.90. The Bertz CT molecular complexity index is 427. The van der Waals surface area contributed by atoms with Crippen LogP contribution < -0.4 is 11.6 Å². The van der Waals surface area contributed by atoms with E-state index in [1.54, 1.807) is 7.05 Å². The lowest BCUT2D eigenvalue weighted by atomic mass is 10.2. The van der Waals surface area contributed by atoms with Crippen molar-refractivity contribution < 1.29 is 0 Å². The minimum Gasteiger partial charge on any atom is -0.394 e. The fraction of sp³-hybridized carbons (Fsp3) is 0.667. The van der Waals surface area contributed by atoms with Gasteiger partial charge in [0.25, 0.3) is 0 Å². The minimum absolute atomic E-state index is 0.610. The van der Waals surface area contributed by atoms with Gasteiger partial charge < -0.3 is 15.5 Å². The first-order valence-electron chi connectivity index (χ1n) is 7.48. The Hall–Kier alpha value is -1.53. The van der Waals surface area contributed by atoms with Crippen molar-refractivity contribution in [3.63, 3.8) is 0 Å². The number of nitrogens with two attached hydrogens (primary N) is 2. The van der Waals surface area contributed by atoms with E-state index in [0.29, 0.717) is 11.5 Å². The first kappa shape index (κ1) is 17.5. The monoisotopic (exact) mass is 294 g/mol. The molecule has 1 aliphatic heterocycles. The number of hydrazine groups is 1. The van der Waals surface area contributed by atoms with Crippen LogP contribution in [0, 0.1) is 0 Å². The number of rotatable bonds is 4. The number of allylic oxidation sites excluding steroid dienone is 2. The van der Waals surface area contributed by atoms with Gasteiger partial charge in [0.15, 0.2) is 5.84 Å². The average Bonchev–Trinajstić information content (AvgIpc) is 2.46. The zero-order valence-electron chi connectivity index (χ0n) is 14.1. The highest BCUT2D eigenvalue weighted by atomic mass is 15.4. The largest absolute Gasteiger partial charge is 0.394 e. The highest BCUT2D eigenvalue weighted by Crippen LogP contribution is 2.12. The second-order valence-electron chi connectivity index (χ2n) is 5.68. The molecule has 21 heavy (non-hydrogen) atoms. The third kappa shape index (κ3) is 5.06. The second-order valence-corrected chi connectivity index (χ2v) is 5.68. The zero-order valence-corrected chi connectivity index (χ0v) is 14.1. The molecule has 0 aliphatic carbocycles. The summed E-state index contributed by atoms with van der Waals surface area (Å²) in [6.07, 6.45) is 2.80. The maximum Gasteiger partial charge on any atom is 0.167 e. The van der Waals surface area contributed by atoms with Crippen LogP contribution in [0.1, 0.15) is 27.2 Å². The van der Waals surface area contributed by atoms with E-state index in [4.69, 9.17) is 11.6 Å². The topological polar surface area (TPSA) is 74.1 Å².